The van der Waals surface area contributed by atoms with E-state index >= 15 is 0 Å². The zero-order chi connectivity index (χ0) is 15.6. The SMILES string of the molecule is CN(C)C(=O)c1ccc(Oc2ccc(F)cc2Cl)c(N)c1. The summed E-state index contributed by atoms with van der Waals surface area (Å²) in [7, 11) is 3.31. The zero-order valence-electron chi connectivity index (χ0n) is 11.6. The van der Waals surface area contributed by atoms with E-state index < -0.39 is 5.82 Å². The van der Waals surface area contributed by atoms with Crippen molar-refractivity contribution in [2.24, 2.45) is 0 Å². The fourth-order valence-electron chi connectivity index (χ4n) is 1.71. The molecule has 0 aliphatic heterocycles. The zero-order valence-corrected chi connectivity index (χ0v) is 12.3. The quantitative estimate of drug-likeness (QED) is 0.882. The Morgan fingerprint density at radius 2 is 1.86 bits per heavy atom. The summed E-state index contributed by atoms with van der Waals surface area (Å²) in [4.78, 5) is 13.3. The fourth-order valence-corrected chi connectivity index (χ4v) is 1.91. The van der Waals surface area contributed by atoms with Gasteiger partial charge in [0.15, 0.2) is 0 Å². The number of carbonyl (C=O) groups is 1. The maximum Gasteiger partial charge on any atom is 0.253 e. The summed E-state index contributed by atoms with van der Waals surface area (Å²) in [6.07, 6.45) is 0. The van der Waals surface area contributed by atoms with Crippen LogP contribution in [-0.2, 0) is 0 Å². The summed E-state index contributed by atoms with van der Waals surface area (Å²) in [5.74, 6) is 0.0237. The molecule has 0 bridgehead atoms. The Bertz CT molecular complexity index is 689. The van der Waals surface area contributed by atoms with E-state index in [1.54, 1.807) is 26.2 Å². The van der Waals surface area contributed by atoms with Gasteiger partial charge in [-0.1, -0.05) is 11.6 Å². The number of carbonyl (C=O) groups excluding carboxylic acids is 1. The van der Waals surface area contributed by atoms with Crippen LogP contribution in [0.2, 0.25) is 5.02 Å². The molecular formula is C15H14ClFN2O2. The normalized spacial score (nSPS) is 10.3. The maximum atomic E-state index is 13.0. The van der Waals surface area contributed by atoms with Crippen LogP contribution in [-0.4, -0.2) is 24.9 Å². The van der Waals surface area contributed by atoms with Gasteiger partial charge in [-0.05, 0) is 36.4 Å². The van der Waals surface area contributed by atoms with Gasteiger partial charge in [0.25, 0.3) is 5.91 Å². The lowest BCUT2D eigenvalue weighted by molar-refractivity contribution is 0.0827. The molecular weight excluding hydrogens is 295 g/mol. The van der Waals surface area contributed by atoms with Gasteiger partial charge in [-0.2, -0.15) is 0 Å². The number of nitrogens with two attached hydrogens (primary N) is 1. The fraction of sp³-hybridized carbons (Fsp3) is 0.133. The molecule has 2 rings (SSSR count). The van der Waals surface area contributed by atoms with Crippen molar-refractivity contribution in [3.63, 3.8) is 0 Å². The number of anilines is 1. The van der Waals surface area contributed by atoms with E-state index in [9.17, 15) is 9.18 Å². The first-order valence-corrected chi connectivity index (χ1v) is 6.50. The minimum absolute atomic E-state index is 0.142. The van der Waals surface area contributed by atoms with Crippen LogP contribution in [0.25, 0.3) is 0 Å². The summed E-state index contributed by atoms with van der Waals surface area (Å²) in [6, 6.07) is 8.50. The number of hydrogen-bond donors (Lipinski definition) is 1. The van der Waals surface area contributed by atoms with Crippen LogP contribution in [0.1, 0.15) is 10.4 Å². The Balaban J connectivity index is 2.27. The topological polar surface area (TPSA) is 55.6 Å². The molecule has 2 aromatic carbocycles. The third kappa shape index (κ3) is 3.44. The molecule has 21 heavy (non-hydrogen) atoms. The highest BCUT2D eigenvalue weighted by Crippen LogP contribution is 2.33. The predicted molar refractivity (Wildman–Crippen MR) is 80.4 cm³/mol. The standard InChI is InChI=1S/C15H14ClFN2O2/c1-19(2)15(20)9-3-5-14(12(18)7-9)21-13-6-4-10(17)8-11(13)16/h3-8H,18H2,1-2H3. The van der Waals surface area contributed by atoms with Crippen molar-refractivity contribution in [3.8, 4) is 11.5 Å². The first-order valence-electron chi connectivity index (χ1n) is 6.12. The largest absolute Gasteiger partial charge is 0.454 e. The smallest absolute Gasteiger partial charge is 0.253 e. The lowest BCUT2D eigenvalue weighted by atomic mass is 10.1. The Morgan fingerprint density at radius 1 is 1.19 bits per heavy atom. The summed E-state index contributed by atoms with van der Waals surface area (Å²) in [5.41, 5.74) is 6.62. The van der Waals surface area contributed by atoms with Crippen molar-refractivity contribution in [2.75, 3.05) is 19.8 Å². The Hall–Kier alpha value is -2.27. The van der Waals surface area contributed by atoms with Gasteiger partial charge in [0.1, 0.15) is 17.3 Å². The highest BCUT2D eigenvalue weighted by atomic mass is 35.5. The molecule has 6 heteroatoms. The molecule has 0 aromatic heterocycles. The van der Waals surface area contributed by atoms with Crippen LogP contribution in [0.3, 0.4) is 0 Å². The second-order valence-electron chi connectivity index (χ2n) is 4.63. The molecule has 0 aliphatic carbocycles. The van der Waals surface area contributed by atoms with Crippen LogP contribution >= 0.6 is 11.6 Å². The number of amides is 1. The van der Waals surface area contributed by atoms with Gasteiger partial charge in [0.2, 0.25) is 0 Å². The molecule has 0 fully saturated rings. The average Bonchev–Trinajstić information content (AvgIpc) is 2.42. The van der Waals surface area contributed by atoms with Crippen molar-refractivity contribution in [1.29, 1.82) is 0 Å². The van der Waals surface area contributed by atoms with Gasteiger partial charge in [0, 0.05) is 19.7 Å². The molecule has 0 heterocycles. The Morgan fingerprint density at radius 3 is 2.43 bits per heavy atom. The van der Waals surface area contributed by atoms with Gasteiger partial charge in [-0.15, -0.1) is 0 Å². The molecule has 1 amide bonds. The molecule has 0 unspecified atom stereocenters. The molecule has 110 valence electrons. The molecule has 0 aliphatic rings. The molecule has 2 N–H and O–H groups in total. The third-order valence-corrected chi connectivity index (χ3v) is 3.07. The number of hydrogen-bond acceptors (Lipinski definition) is 3. The van der Waals surface area contributed by atoms with Crippen molar-refractivity contribution in [1.82, 2.24) is 4.90 Å². The van der Waals surface area contributed by atoms with Gasteiger partial charge in [-0.25, -0.2) is 4.39 Å². The van der Waals surface area contributed by atoms with E-state index in [1.165, 1.54) is 23.1 Å². The Labute approximate surface area is 126 Å². The molecule has 0 atom stereocenters. The molecule has 2 aromatic rings. The molecule has 0 saturated heterocycles. The molecule has 0 spiro atoms. The van der Waals surface area contributed by atoms with Crippen molar-refractivity contribution < 1.29 is 13.9 Å². The van der Waals surface area contributed by atoms with Crippen LogP contribution in [0.4, 0.5) is 10.1 Å². The van der Waals surface area contributed by atoms with Crippen LogP contribution in [0.15, 0.2) is 36.4 Å². The second-order valence-corrected chi connectivity index (χ2v) is 5.04. The number of nitrogens with zero attached hydrogens (tertiary/aromatic N) is 1. The first-order chi connectivity index (χ1) is 9.88. The van der Waals surface area contributed by atoms with Gasteiger partial charge in [0.05, 0.1) is 10.7 Å². The summed E-state index contributed by atoms with van der Waals surface area (Å²) in [5, 5.41) is 0.142. The number of benzene rings is 2. The maximum absolute atomic E-state index is 13.0. The van der Waals surface area contributed by atoms with Crippen LogP contribution < -0.4 is 10.5 Å². The van der Waals surface area contributed by atoms with Crippen molar-refractivity contribution in [2.45, 2.75) is 0 Å². The van der Waals surface area contributed by atoms with E-state index in [-0.39, 0.29) is 16.7 Å². The van der Waals surface area contributed by atoms with E-state index in [2.05, 4.69) is 0 Å². The summed E-state index contributed by atoms with van der Waals surface area (Å²) < 4.78 is 18.5. The van der Waals surface area contributed by atoms with Crippen LogP contribution in [0, 0.1) is 5.82 Å². The first kappa shape index (κ1) is 15.1. The molecule has 0 saturated carbocycles. The minimum Gasteiger partial charge on any atom is -0.454 e. The molecule has 4 nitrogen and oxygen atoms in total. The lowest BCUT2D eigenvalue weighted by Gasteiger charge is -2.13. The van der Waals surface area contributed by atoms with Gasteiger partial charge < -0.3 is 15.4 Å². The van der Waals surface area contributed by atoms with E-state index in [4.69, 9.17) is 22.1 Å². The van der Waals surface area contributed by atoms with Crippen LogP contribution in [0.5, 0.6) is 11.5 Å². The van der Waals surface area contributed by atoms with Crippen molar-refractivity contribution >= 4 is 23.2 Å². The average molecular weight is 309 g/mol. The highest BCUT2D eigenvalue weighted by Gasteiger charge is 2.12. The van der Waals surface area contributed by atoms with E-state index in [0.29, 0.717) is 17.0 Å². The van der Waals surface area contributed by atoms with Gasteiger partial charge >= 0.3 is 0 Å². The third-order valence-electron chi connectivity index (χ3n) is 2.78. The molecule has 0 radical (unpaired) electrons. The van der Waals surface area contributed by atoms with E-state index in [1.807, 2.05) is 0 Å². The monoisotopic (exact) mass is 308 g/mol. The number of nitrogen functional groups attached to an aromatic ring is 1. The number of ether oxygens (including phenoxy) is 1. The Kier molecular flexibility index (Phi) is 4.33. The number of rotatable bonds is 3. The summed E-state index contributed by atoms with van der Waals surface area (Å²) >= 11 is 5.89. The highest BCUT2D eigenvalue weighted by molar-refractivity contribution is 6.32. The van der Waals surface area contributed by atoms with Crippen molar-refractivity contribution in [3.05, 3.63) is 52.8 Å². The van der Waals surface area contributed by atoms with E-state index in [0.717, 1.165) is 6.07 Å². The lowest BCUT2D eigenvalue weighted by Crippen LogP contribution is -2.21. The second kappa shape index (κ2) is 6.01. The number of halogens is 2. The predicted octanol–water partition coefficient (Wildman–Crippen LogP) is 3.56. The minimum atomic E-state index is -0.452. The van der Waals surface area contributed by atoms with Gasteiger partial charge in [-0.3, -0.25) is 4.79 Å². The summed E-state index contributed by atoms with van der Waals surface area (Å²) in [6.45, 7) is 0.